The van der Waals surface area contributed by atoms with Gasteiger partial charge in [0, 0.05) is 62.3 Å². The third-order valence-electron chi connectivity index (χ3n) is 5.68. The zero-order chi connectivity index (χ0) is 28.3. The number of anilines is 2. The Bertz CT molecular complexity index is 957. The molecule has 0 bridgehead atoms. The number of rotatable bonds is 12. The van der Waals surface area contributed by atoms with Crippen LogP contribution in [-0.4, -0.2) is 74.6 Å². The average Bonchev–Trinajstić information content (AvgIpc) is 2.92. The van der Waals surface area contributed by atoms with E-state index in [1.54, 1.807) is 12.1 Å². The summed E-state index contributed by atoms with van der Waals surface area (Å²) in [5.41, 5.74) is 14.3. The highest BCUT2D eigenvalue weighted by atomic mass is 16.5. The van der Waals surface area contributed by atoms with E-state index in [4.69, 9.17) is 26.4 Å². The minimum absolute atomic E-state index is 0.452. The lowest BCUT2D eigenvalue weighted by atomic mass is 10.1. The van der Waals surface area contributed by atoms with Gasteiger partial charge in [-0.1, -0.05) is 33.8 Å². The van der Waals surface area contributed by atoms with Crippen molar-refractivity contribution in [1.29, 1.82) is 5.41 Å². The normalized spacial score (nSPS) is 12.9. The van der Waals surface area contributed by atoms with Gasteiger partial charge in [-0.25, -0.2) is 0 Å². The zero-order valence-corrected chi connectivity index (χ0v) is 24.0. The summed E-state index contributed by atoms with van der Waals surface area (Å²) in [5, 5.41) is 7.00. The maximum Gasteiger partial charge on any atom is 0.248 e. The lowest BCUT2D eigenvalue weighted by molar-refractivity contribution is 0.0357. The minimum Gasteiger partial charge on any atom is -0.478 e. The second-order valence-electron chi connectivity index (χ2n) is 8.87. The van der Waals surface area contributed by atoms with Crippen molar-refractivity contribution >= 4 is 23.6 Å². The van der Waals surface area contributed by atoms with Gasteiger partial charge in [-0.2, -0.15) is 4.98 Å². The number of amides is 1. The molecule has 1 saturated heterocycles. The molecule has 1 amide bonds. The lowest BCUT2D eigenvalue weighted by Crippen LogP contribution is -2.37. The Hall–Kier alpha value is -3.17. The molecular formula is C29H48N6O3. The first-order chi connectivity index (χ1) is 18.4. The molecule has 38 heavy (non-hydrogen) atoms. The highest BCUT2D eigenvalue weighted by Crippen LogP contribution is 2.23. The number of aromatic nitrogens is 1. The van der Waals surface area contributed by atoms with Gasteiger partial charge in [0.25, 0.3) is 0 Å². The quantitative estimate of drug-likeness (QED) is 0.273. The van der Waals surface area contributed by atoms with Gasteiger partial charge < -0.3 is 31.3 Å². The molecule has 1 aromatic heterocycles. The highest BCUT2D eigenvalue weighted by Gasteiger charge is 2.11. The molecule has 1 aromatic carbocycles. The van der Waals surface area contributed by atoms with Crippen LogP contribution in [-0.2, 0) is 4.74 Å². The number of pyridine rings is 1. The summed E-state index contributed by atoms with van der Waals surface area (Å²) in [7, 11) is 0. The SMILES string of the molecule is CC.CCCN(CCC)c1cc(N)nc(OCCCN2CCOCC2)c1.Cc1cc(C=N)cc(C(N)=O)c1. The fourth-order valence-corrected chi connectivity index (χ4v) is 4.01. The second-order valence-corrected chi connectivity index (χ2v) is 8.87. The number of hydrogen-bond acceptors (Lipinski definition) is 8. The van der Waals surface area contributed by atoms with Crippen molar-refractivity contribution in [2.45, 2.75) is 53.9 Å². The second kappa shape index (κ2) is 19.0. The van der Waals surface area contributed by atoms with Crippen LogP contribution in [0.5, 0.6) is 5.88 Å². The number of benzene rings is 1. The lowest BCUT2D eigenvalue weighted by Gasteiger charge is -2.26. The van der Waals surface area contributed by atoms with Crippen LogP contribution in [0.2, 0.25) is 0 Å². The van der Waals surface area contributed by atoms with Crippen LogP contribution < -0.4 is 21.1 Å². The summed E-state index contributed by atoms with van der Waals surface area (Å²) < 4.78 is 11.2. The monoisotopic (exact) mass is 528 g/mol. The molecule has 0 radical (unpaired) electrons. The van der Waals surface area contributed by atoms with Crippen molar-refractivity contribution in [3.8, 4) is 5.88 Å². The number of morpholine rings is 1. The van der Waals surface area contributed by atoms with Crippen molar-refractivity contribution in [2.75, 3.05) is 63.2 Å². The van der Waals surface area contributed by atoms with E-state index in [0.29, 0.717) is 29.4 Å². The average molecular weight is 529 g/mol. The summed E-state index contributed by atoms with van der Waals surface area (Å²) in [6, 6.07) is 9.07. The number of nitrogens with one attached hydrogen (secondary N) is 1. The third-order valence-corrected chi connectivity index (χ3v) is 5.68. The predicted molar refractivity (Wildman–Crippen MR) is 158 cm³/mol. The standard InChI is InChI=1S/C18H32N4O2.C9H10N2O.C2H6/c1-3-6-22(7-4-2)16-14-17(19)20-18(15-16)24-11-5-8-21-9-12-23-13-10-21;1-6-2-7(5-10)4-8(3-6)9(11)12;1-2/h14-15H,3-13H2,1-2H3,(H2,19,20);2-5,10H,1H3,(H2,11,12);1-2H3. The minimum atomic E-state index is -0.457. The molecule has 0 spiro atoms. The highest BCUT2D eigenvalue weighted by molar-refractivity contribution is 5.95. The van der Waals surface area contributed by atoms with Crippen LogP contribution in [0, 0.1) is 12.3 Å². The van der Waals surface area contributed by atoms with Crippen LogP contribution in [0.1, 0.15) is 68.4 Å². The zero-order valence-electron chi connectivity index (χ0n) is 24.0. The Labute approximate surface area is 229 Å². The fourth-order valence-electron chi connectivity index (χ4n) is 4.01. The number of nitrogens with two attached hydrogens (primary N) is 2. The summed E-state index contributed by atoms with van der Waals surface area (Å²) in [4.78, 5) is 19.8. The number of primary amides is 1. The first-order valence-corrected chi connectivity index (χ1v) is 13.7. The summed E-state index contributed by atoms with van der Waals surface area (Å²) in [5.74, 6) is 0.693. The molecule has 0 atom stereocenters. The van der Waals surface area contributed by atoms with E-state index < -0.39 is 5.91 Å². The Kier molecular flexibility index (Phi) is 16.4. The van der Waals surface area contributed by atoms with Gasteiger partial charge in [-0.3, -0.25) is 9.69 Å². The van der Waals surface area contributed by atoms with Crippen molar-refractivity contribution < 1.29 is 14.3 Å². The van der Waals surface area contributed by atoms with Crippen LogP contribution in [0.15, 0.2) is 30.3 Å². The van der Waals surface area contributed by atoms with Gasteiger partial charge in [-0.15, -0.1) is 0 Å². The van der Waals surface area contributed by atoms with E-state index in [0.717, 1.165) is 76.5 Å². The Morgan fingerprint density at radius 1 is 1.13 bits per heavy atom. The van der Waals surface area contributed by atoms with Crippen molar-refractivity contribution in [3.63, 3.8) is 0 Å². The van der Waals surface area contributed by atoms with E-state index >= 15 is 0 Å². The van der Waals surface area contributed by atoms with Gasteiger partial charge in [0.2, 0.25) is 11.8 Å². The topological polar surface area (TPSA) is 131 Å². The van der Waals surface area contributed by atoms with Gasteiger partial charge in [0.1, 0.15) is 5.82 Å². The molecule has 9 nitrogen and oxygen atoms in total. The number of nitrogen functional groups attached to an aromatic ring is 1. The molecule has 1 aliphatic rings. The van der Waals surface area contributed by atoms with Gasteiger partial charge in [0.15, 0.2) is 0 Å². The largest absolute Gasteiger partial charge is 0.478 e. The third kappa shape index (κ3) is 12.4. The first-order valence-electron chi connectivity index (χ1n) is 13.7. The van der Waals surface area contributed by atoms with Crippen LogP contribution in [0.3, 0.4) is 0 Å². The van der Waals surface area contributed by atoms with E-state index in [1.165, 1.54) is 6.21 Å². The molecule has 1 aliphatic heterocycles. The van der Waals surface area contributed by atoms with E-state index in [1.807, 2.05) is 39.0 Å². The number of ether oxygens (including phenoxy) is 2. The molecule has 0 aliphatic carbocycles. The van der Waals surface area contributed by atoms with Crippen LogP contribution in [0.25, 0.3) is 0 Å². The molecular weight excluding hydrogens is 480 g/mol. The Morgan fingerprint density at radius 2 is 1.79 bits per heavy atom. The van der Waals surface area contributed by atoms with E-state index in [-0.39, 0.29) is 0 Å². The first kappa shape index (κ1) is 32.9. The number of nitrogens with zero attached hydrogens (tertiary/aromatic N) is 3. The Morgan fingerprint density at radius 3 is 2.37 bits per heavy atom. The molecule has 3 rings (SSSR count). The van der Waals surface area contributed by atoms with Crippen molar-refractivity contribution in [1.82, 2.24) is 9.88 Å². The smallest absolute Gasteiger partial charge is 0.248 e. The molecule has 0 unspecified atom stereocenters. The molecule has 2 aromatic rings. The maximum absolute atomic E-state index is 10.8. The molecule has 2 heterocycles. The Balaban J connectivity index is 0.000000432. The van der Waals surface area contributed by atoms with E-state index in [2.05, 4.69) is 28.6 Å². The maximum atomic E-state index is 10.8. The van der Waals surface area contributed by atoms with Crippen LogP contribution in [0.4, 0.5) is 11.5 Å². The number of hydrogen-bond donors (Lipinski definition) is 3. The van der Waals surface area contributed by atoms with Crippen molar-refractivity contribution in [3.05, 3.63) is 47.0 Å². The summed E-state index contributed by atoms with van der Waals surface area (Å²) >= 11 is 0. The van der Waals surface area contributed by atoms with Gasteiger partial charge in [-0.05, 0) is 49.4 Å². The molecule has 0 saturated carbocycles. The fraction of sp³-hybridized carbons (Fsp3) is 0.552. The molecule has 5 N–H and O–H groups in total. The van der Waals surface area contributed by atoms with Gasteiger partial charge >= 0.3 is 0 Å². The molecule has 1 fully saturated rings. The van der Waals surface area contributed by atoms with Gasteiger partial charge in [0.05, 0.1) is 19.8 Å². The predicted octanol–water partition coefficient (Wildman–Crippen LogP) is 4.51. The van der Waals surface area contributed by atoms with E-state index in [9.17, 15) is 4.79 Å². The molecule has 9 heteroatoms. The van der Waals surface area contributed by atoms with Crippen molar-refractivity contribution in [2.24, 2.45) is 5.73 Å². The number of carbonyl (C=O) groups excluding carboxylic acids is 1. The number of carbonyl (C=O) groups is 1. The number of aryl methyl sites for hydroxylation is 1. The van der Waals surface area contributed by atoms with Crippen LogP contribution >= 0.6 is 0 Å². The molecule has 212 valence electrons. The summed E-state index contributed by atoms with van der Waals surface area (Å²) in [6.45, 7) is 17.7. The summed E-state index contributed by atoms with van der Waals surface area (Å²) in [6.07, 6.45) is 4.40.